The molecule has 2 aliphatic heterocycles. The first-order valence-electron chi connectivity index (χ1n) is 25.9. The third kappa shape index (κ3) is 13.6. The highest BCUT2D eigenvalue weighted by atomic mass is 31.2. The lowest BCUT2D eigenvalue weighted by atomic mass is 9.92. The molecule has 0 bridgehead atoms. The molecule has 0 radical (unpaired) electrons. The van der Waals surface area contributed by atoms with E-state index in [1.165, 1.54) is 123 Å². The number of aliphatic hydroxyl groups excluding tert-OH is 4. The highest BCUT2D eigenvalue weighted by Crippen LogP contribution is 2.52. The zero-order valence-corrected chi connectivity index (χ0v) is 43.5. The number of nitriles is 3. The van der Waals surface area contributed by atoms with E-state index in [2.05, 4.69) is 37.1 Å². The Kier molecular flexibility index (Phi) is 20.8. The molecule has 410 valence electrons. The fourth-order valence-corrected chi connectivity index (χ4v) is 10.7. The van der Waals surface area contributed by atoms with Crippen molar-refractivity contribution in [1.82, 2.24) is 39.2 Å². The zero-order chi connectivity index (χ0) is 54.1. The van der Waals surface area contributed by atoms with Gasteiger partial charge < -0.3 is 50.8 Å². The van der Waals surface area contributed by atoms with Crippen LogP contribution in [0.25, 0.3) is 11.0 Å². The third-order valence-electron chi connectivity index (χ3n) is 13.7. The van der Waals surface area contributed by atoms with Crippen LogP contribution in [0.4, 0.5) is 11.6 Å². The van der Waals surface area contributed by atoms with E-state index < -0.39 is 81.6 Å². The minimum absolute atomic E-state index is 0.00740. The van der Waals surface area contributed by atoms with Gasteiger partial charge in [-0.15, -0.1) is 0 Å². The number of rotatable bonds is 32. The van der Waals surface area contributed by atoms with Gasteiger partial charge in [0.25, 0.3) is 0 Å². The molecule has 2 saturated heterocycles. The molecule has 0 aromatic carbocycles. The summed E-state index contributed by atoms with van der Waals surface area (Å²) in [6, 6.07) is 11.5. The Balaban J connectivity index is 1.01. The first kappa shape index (κ1) is 57.7. The van der Waals surface area contributed by atoms with Crippen LogP contribution in [0.2, 0.25) is 0 Å². The summed E-state index contributed by atoms with van der Waals surface area (Å²) in [6.07, 6.45) is 12.6. The Morgan fingerprint density at radius 2 is 1.11 bits per heavy atom. The number of hydrogen-bond acceptors (Lipinski definition) is 23. The fraction of sp³-hybridized carbons (Fsp3) is 0.620. The number of aliphatic hydroxyl groups is 4. The molecular formula is C50H68N13O12P. The largest absolute Gasteiger partial charge is 0.482 e. The summed E-state index contributed by atoms with van der Waals surface area (Å²) in [5.74, 6) is 0.126. The maximum atomic E-state index is 14.9. The summed E-state index contributed by atoms with van der Waals surface area (Å²) in [7, 11) is -4.98. The predicted octanol–water partition coefficient (Wildman–Crippen LogP) is 4.86. The molecule has 0 unspecified atom stereocenters. The van der Waals surface area contributed by atoms with Crippen LogP contribution in [0.15, 0.2) is 49.3 Å². The maximum absolute atomic E-state index is 14.9. The van der Waals surface area contributed by atoms with Crippen molar-refractivity contribution in [2.75, 3.05) is 44.5 Å². The minimum Gasteiger partial charge on any atom is -0.482 e. The zero-order valence-electron chi connectivity index (χ0n) is 42.6. The van der Waals surface area contributed by atoms with Crippen LogP contribution in [0.1, 0.15) is 127 Å². The van der Waals surface area contributed by atoms with Gasteiger partial charge in [0.1, 0.15) is 84.6 Å². The van der Waals surface area contributed by atoms with Crippen LogP contribution >= 0.6 is 7.82 Å². The molecule has 0 spiro atoms. The molecule has 9 atom stereocenters. The molecule has 8 N–H and O–H groups in total. The summed E-state index contributed by atoms with van der Waals surface area (Å²) in [6.45, 7) is 0.257. The van der Waals surface area contributed by atoms with Crippen molar-refractivity contribution in [1.29, 1.82) is 15.8 Å². The SMILES string of the molecule is CCCCCCCCCCCCCCCCCCOC[C@H](COP(=O)(OC[C@H]1O[C@@](C#N)(c2ccc3c(N)ncnn23)[C@H](O)[C@@H]1O)OC[C@H]1O[C@@](C#N)(c2ccc3c(N)ncnn23)[C@H](O)[C@@H]1O)Oc1cnc(C#N)nc1. The number of unbranched alkanes of at least 4 members (excludes halogenated alkanes) is 15. The van der Waals surface area contributed by atoms with E-state index in [1.54, 1.807) is 0 Å². The lowest BCUT2D eigenvalue weighted by Crippen LogP contribution is -2.41. The average Bonchev–Trinajstić information content (AvgIpc) is 4.19. The number of phosphoric ester groups is 1. The number of fused-ring (bicyclic) bond motifs is 2. The molecule has 5 aromatic rings. The molecule has 26 heteroatoms. The predicted molar refractivity (Wildman–Crippen MR) is 270 cm³/mol. The monoisotopic (exact) mass is 1070 g/mol. The number of phosphoric acid groups is 1. The number of nitrogens with two attached hydrogens (primary N) is 2. The maximum Gasteiger partial charge on any atom is 0.475 e. The van der Waals surface area contributed by atoms with Crippen LogP contribution < -0.4 is 16.2 Å². The van der Waals surface area contributed by atoms with E-state index >= 15 is 0 Å². The van der Waals surface area contributed by atoms with Crippen LogP contribution in [0.5, 0.6) is 5.75 Å². The quantitative estimate of drug-likeness (QED) is 0.0247. The summed E-state index contributed by atoms with van der Waals surface area (Å²) in [5.41, 5.74) is 8.07. The van der Waals surface area contributed by atoms with E-state index in [-0.39, 0.29) is 52.2 Å². The summed E-state index contributed by atoms with van der Waals surface area (Å²) in [4.78, 5) is 15.8. The van der Waals surface area contributed by atoms with Crippen LogP contribution in [0, 0.1) is 34.0 Å². The number of aromatic nitrogens is 8. The molecule has 25 nitrogen and oxygen atoms in total. The molecule has 7 rings (SSSR count). The number of nitrogens with zero attached hydrogens (tertiary/aromatic N) is 11. The standard InChI is InChI=1S/C50H68N13O12P/c1-2-3-4-5-6-7-8-9-10-11-12-13-14-15-16-17-22-69-26-35(73-34-24-56-42(23-51)57-25-34)27-70-76(68,71-28-38-43(64)45(66)49(30-52,74-38)40-20-18-36-47(54)58-32-60-62(36)40)72-29-39-44(65)46(67)50(31-53,75-39)41-21-19-37-48(55)59-33-61-63(37)41/h18-21,24-25,32-33,35,38-39,43-46,64-67H,2-17,22,26-29H2,1H3,(H2,54,58,60)(H2,55,59,61)/t35-,38-,39-,43-,44-,45-,46-,49+,50+/m1/s1. The van der Waals surface area contributed by atoms with Gasteiger partial charge in [-0.3, -0.25) is 13.6 Å². The van der Waals surface area contributed by atoms with Crippen LogP contribution in [0.3, 0.4) is 0 Å². The first-order valence-corrected chi connectivity index (χ1v) is 27.4. The lowest BCUT2D eigenvalue weighted by Gasteiger charge is -2.26. The Bertz CT molecular complexity index is 2690. The minimum atomic E-state index is -4.98. The normalized spacial score (nSPS) is 23.9. The summed E-state index contributed by atoms with van der Waals surface area (Å²) >= 11 is 0. The van der Waals surface area contributed by atoms with E-state index in [1.807, 2.05) is 18.2 Å². The molecular weight excluding hydrogens is 1010 g/mol. The van der Waals surface area contributed by atoms with Gasteiger partial charge in [0.05, 0.1) is 50.2 Å². The van der Waals surface area contributed by atoms with Crippen molar-refractivity contribution in [3.63, 3.8) is 0 Å². The van der Waals surface area contributed by atoms with Gasteiger partial charge in [-0.1, -0.05) is 103 Å². The Labute approximate surface area is 440 Å². The Hall–Kier alpha value is -5.98. The van der Waals surface area contributed by atoms with Crippen molar-refractivity contribution in [3.05, 3.63) is 66.5 Å². The second-order valence-electron chi connectivity index (χ2n) is 19.0. The highest BCUT2D eigenvalue weighted by Gasteiger charge is 2.59. The summed E-state index contributed by atoms with van der Waals surface area (Å²) in [5, 5.41) is 84.0. The molecule has 0 amide bonds. The van der Waals surface area contributed by atoms with E-state index in [0.717, 1.165) is 38.3 Å². The summed E-state index contributed by atoms with van der Waals surface area (Å²) < 4.78 is 59.1. The molecule has 76 heavy (non-hydrogen) atoms. The van der Waals surface area contributed by atoms with E-state index in [9.17, 15) is 40.8 Å². The van der Waals surface area contributed by atoms with Crippen LogP contribution in [-0.4, -0.2) is 135 Å². The molecule has 5 aromatic heterocycles. The van der Waals surface area contributed by atoms with Gasteiger partial charge in [-0.2, -0.15) is 26.0 Å². The number of hydrogen-bond donors (Lipinski definition) is 6. The molecule has 2 aliphatic rings. The Morgan fingerprint density at radius 1 is 0.658 bits per heavy atom. The van der Waals surface area contributed by atoms with Crippen molar-refractivity contribution in [2.45, 2.75) is 164 Å². The van der Waals surface area contributed by atoms with Gasteiger partial charge >= 0.3 is 7.82 Å². The lowest BCUT2D eigenvalue weighted by molar-refractivity contribution is -0.0756. The topological polar surface area (TPSA) is 372 Å². The molecule has 2 fully saturated rings. The molecule has 0 saturated carbocycles. The second-order valence-corrected chi connectivity index (χ2v) is 20.7. The smallest absolute Gasteiger partial charge is 0.475 e. The van der Waals surface area contributed by atoms with Gasteiger partial charge in [0.2, 0.25) is 17.0 Å². The average molecular weight is 1070 g/mol. The van der Waals surface area contributed by atoms with Crippen molar-refractivity contribution < 1.29 is 57.5 Å². The van der Waals surface area contributed by atoms with Crippen LogP contribution in [-0.2, 0) is 43.5 Å². The van der Waals surface area contributed by atoms with Crippen molar-refractivity contribution in [2.24, 2.45) is 0 Å². The van der Waals surface area contributed by atoms with Crippen molar-refractivity contribution >= 4 is 30.5 Å². The highest BCUT2D eigenvalue weighted by molar-refractivity contribution is 7.48. The third-order valence-corrected chi connectivity index (χ3v) is 15.1. The Morgan fingerprint density at radius 3 is 1.54 bits per heavy atom. The molecule has 7 heterocycles. The second kappa shape index (κ2) is 27.4. The number of ether oxygens (including phenoxy) is 4. The fourth-order valence-electron chi connectivity index (χ4n) is 9.43. The number of anilines is 2. The van der Waals surface area contributed by atoms with Crippen molar-refractivity contribution in [3.8, 4) is 24.0 Å². The first-order chi connectivity index (χ1) is 36.8. The van der Waals surface area contributed by atoms with Gasteiger partial charge in [-0.25, -0.2) is 33.5 Å². The van der Waals surface area contributed by atoms with E-state index in [0.29, 0.717) is 6.61 Å². The van der Waals surface area contributed by atoms with Gasteiger partial charge in [0.15, 0.2) is 17.4 Å². The van der Waals surface area contributed by atoms with E-state index in [4.69, 9.17) is 44.0 Å². The molecule has 0 aliphatic carbocycles. The van der Waals surface area contributed by atoms with Gasteiger partial charge in [0, 0.05) is 6.61 Å². The van der Waals surface area contributed by atoms with Gasteiger partial charge in [-0.05, 0) is 30.7 Å². The number of nitrogen functional groups attached to an aromatic ring is 2.